The van der Waals surface area contributed by atoms with Crippen molar-refractivity contribution in [3.8, 4) is 0 Å². The zero-order valence-electron chi connectivity index (χ0n) is 9.13. The lowest BCUT2D eigenvalue weighted by Crippen LogP contribution is -2.12. The second-order valence-electron chi connectivity index (χ2n) is 2.71. The van der Waals surface area contributed by atoms with Crippen LogP contribution in [0.5, 0.6) is 0 Å². The minimum atomic E-state index is -0.429. The molecule has 15 heavy (non-hydrogen) atoms. The van der Waals surface area contributed by atoms with E-state index in [1.807, 2.05) is 0 Å². The number of ether oxygens (including phenoxy) is 2. The van der Waals surface area contributed by atoms with Crippen LogP contribution < -0.4 is 0 Å². The molecule has 0 saturated heterocycles. The fraction of sp³-hybridized carbons (Fsp3) is 1.00. The molecule has 6 nitrogen and oxygen atoms in total. The second kappa shape index (κ2) is 16.2. The van der Waals surface area contributed by atoms with E-state index in [2.05, 4.69) is 4.74 Å². The number of rotatable bonds is 8. The zero-order valence-corrected chi connectivity index (χ0v) is 9.13. The van der Waals surface area contributed by atoms with Gasteiger partial charge in [0, 0.05) is 0 Å². The van der Waals surface area contributed by atoms with Crippen LogP contribution in [0.3, 0.4) is 0 Å². The molecule has 0 amide bonds. The lowest BCUT2D eigenvalue weighted by molar-refractivity contribution is 0.0292. The standard InChI is InChI=1S/C5H12O3.C4H10O3/c1-5(7)4-8-3-2-6;5-1-3-7-4-2-6/h5-7H,2-4H2,1H3;5-6H,1-4H2. The van der Waals surface area contributed by atoms with Crippen molar-refractivity contribution < 1.29 is 29.9 Å². The molecule has 1 unspecified atom stereocenters. The van der Waals surface area contributed by atoms with E-state index in [4.69, 9.17) is 25.2 Å². The number of aliphatic hydroxyl groups excluding tert-OH is 4. The molecule has 0 aliphatic rings. The Balaban J connectivity index is 0. The third-order valence-electron chi connectivity index (χ3n) is 1.07. The number of hydrogen-bond donors (Lipinski definition) is 4. The third-order valence-corrected chi connectivity index (χ3v) is 1.07. The van der Waals surface area contributed by atoms with Crippen LogP contribution in [0.4, 0.5) is 0 Å². The SMILES string of the molecule is CC(O)COCCO.OCCOCCO. The van der Waals surface area contributed by atoms with E-state index in [1.54, 1.807) is 6.92 Å². The molecule has 0 aromatic carbocycles. The van der Waals surface area contributed by atoms with Gasteiger partial charge in [0.05, 0.1) is 52.4 Å². The molecule has 4 N–H and O–H groups in total. The Kier molecular flexibility index (Phi) is 18.5. The van der Waals surface area contributed by atoms with Gasteiger partial charge in [-0.05, 0) is 6.92 Å². The highest BCUT2D eigenvalue weighted by molar-refractivity contribution is 4.39. The predicted octanol–water partition coefficient (Wildman–Crippen LogP) is -1.64. The third kappa shape index (κ3) is 24.8. The van der Waals surface area contributed by atoms with E-state index < -0.39 is 6.10 Å². The molecule has 0 rings (SSSR count). The number of hydrogen-bond acceptors (Lipinski definition) is 6. The van der Waals surface area contributed by atoms with Crippen LogP contribution in [-0.2, 0) is 9.47 Å². The quantitative estimate of drug-likeness (QED) is 0.371. The smallest absolute Gasteiger partial charge is 0.0745 e. The summed E-state index contributed by atoms with van der Waals surface area (Å²) in [7, 11) is 0. The molecule has 1 atom stereocenters. The van der Waals surface area contributed by atoms with E-state index in [0.717, 1.165) is 0 Å². The van der Waals surface area contributed by atoms with Gasteiger partial charge in [-0.15, -0.1) is 0 Å². The van der Waals surface area contributed by atoms with Crippen LogP contribution in [0.1, 0.15) is 6.92 Å². The summed E-state index contributed by atoms with van der Waals surface area (Å²) in [5.41, 5.74) is 0. The van der Waals surface area contributed by atoms with Gasteiger partial charge in [0.1, 0.15) is 0 Å². The fourth-order valence-electron chi connectivity index (χ4n) is 0.550. The van der Waals surface area contributed by atoms with Crippen LogP contribution in [0.25, 0.3) is 0 Å². The summed E-state index contributed by atoms with van der Waals surface area (Å²) in [5.74, 6) is 0. The lowest BCUT2D eigenvalue weighted by atomic mass is 10.4. The van der Waals surface area contributed by atoms with Crippen molar-refractivity contribution in [3.63, 3.8) is 0 Å². The molecule has 0 saturated carbocycles. The molecule has 0 aromatic rings. The highest BCUT2D eigenvalue weighted by Gasteiger charge is 1.91. The van der Waals surface area contributed by atoms with Crippen molar-refractivity contribution in [3.05, 3.63) is 0 Å². The van der Waals surface area contributed by atoms with Crippen molar-refractivity contribution in [1.82, 2.24) is 0 Å². The molecule has 0 spiro atoms. The van der Waals surface area contributed by atoms with Crippen LogP contribution in [0, 0.1) is 0 Å². The van der Waals surface area contributed by atoms with Crippen molar-refractivity contribution in [2.75, 3.05) is 46.2 Å². The molecule has 0 bridgehead atoms. The fourth-order valence-corrected chi connectivity index (χ4v) is 0.550. The van der Waals surface area contributed by atoms with E-state index in [-0.39, 0.29) is 19.8 Å². The normalized spacial score (nSPS) is 11.8. The minimum absolute atomic E-state index is 0.0206. The summed E-state index contributed by atoms with van der Waals surface area (Å²) in [6.45, 7) is 2.97. The van der Waals surface area contributed by atoms with Crippen molar-refractivity contribution in [2.45, 2.75) is 13.0 Å². The van der Waals surface area contributed by atoms with Crippen molar-refractivity contribution in [1.29, 1.82) is 0 Å². The summed E-state index contributed by atoms with van der Waals surface area (Å²) in [6.07, 6.45) is -0.429. The van der Waals surface area contributed by atoms with Gasteiger partial charge in [0.15, 0.2) is 0 Å². The molecule has 0 fully saturated rings. The first-order valence-corrected chi connectivity index (χ1v) is 4.85. The molecular weight excluding hydrogens is 204 g/mol. The van der Waals surface area contributed by atoms with Gasteiger partial charge in [0.25, 0.3) is 0 Å². The van der Waals surface area contributed by atoms with Gasteiger partial charge >= 0.3 is 0 Å². The Bertz CT molecular complexity index is 94.6. The van der Waals surface area contributed by atoms with Gasteiger partial charge in [-0.1, -0.05) is 0 Å². The summed E-state index contributed by atoms with van der Waals surface area (Å²) < 4.78 is 9.38. The average molecular weight is 226 g/mol. The maximum atomic E-state index is 8.57. The average Bonchev–Trinajstić information content (AvgIpc) is 2.20. The molecule has 94 valence electrons. The summed E-state index contributed by atoms with van der Waals surface area (Å²) in [5, 5.41) is 32.9. The van der Waals surface area contributed by atoms with Gasteiger partial charge < -0.3 is 29.9 Å². The maximum Gasteiger partial charge on any atom is 0.0745 e. The second-order valence-corrected chi connectivity index (χ2v) is 2.71. The van der Waals surface area contributed by atoms with E-state index >= 15 is 0 Å². The Hall–Kier alpha value is -0.240. The van der Waals surface area contributed by atoms with Gasteiger partial charge in [0.2, 0.25) is 0 Å². The highest BCUT2D eigenvalue weighted by Crippen LogP contribution is 1.80. The molecule has 0 heterocycles. The van der Waals surface area contributed by atoms with Crippen LogP contribution >= 0.6 is 0 Å². The van der Waals surface area contributed by atoms with Gasteiger partial charge in [-0.2, -0.15) is 0 Å². The monoisotopic (exact) mass is 226 g/mol. The van der Waals surface area contributed by atoms with E-state index in [1.165, 1.54) is 0 Å². The van der Waals surface area contributed by atoms with E-state index in [0.29, 0.717) is 26.4 Å². The minimum Gasteiger partial charge on any atom is -0.394 e. The Morgan fingerprint density at radius 3 is 1.60 bits per heavy atom. The lowest BCUT2D eigenvalue weighted by Gasteiger charge is -2.02. The Labute approximate surface area is 90.1 Å². The Morgan fingerprint density at radius 1 is 0.867 bits per heavy atom. The van der Waals surface area contributed by atoms with Crippen molar-refractivity contribution in [2.24, 2.45) is 0 Å². The first-order chi connectivity index (χ1) is 7.18. The van der Waals surface area contributed by atoms with Gasteiger partial charge in [-0.3, -0.25) is 0 Å². The Morgan fingerprint density at radius 2 is 1.27 bits per heavy atom. The molecule has 0 aliphatic heterocycles. The van der Waals surface area contributed by atoms with Crippen LogP contribution in [0.15, 0.2) is 0 Å². The molecule has 0 aliphatic carbocycles. The molecule has 0 radical (unpaired) electrons. The van der Waals surface area contributed by atoms with E-state index in [9.17, 15) is 0 Å². The largest absolute Gasteiger partial charge is 0.394 e. The van der Waals surface area contributed by atoms with Crippen LogP contribution in [0.2, 0.25) is 0 Å². The zero-order chi connectivity index (χ0) is 11.9. The van der Waals surface area contributed by atoms with Crippen molar-refractivity contribution >= 4 is 0 Å². The summed E-state index contributed by atoms with van der Waals surface area (Å²) >= 11 is 0. The molecule has 6 heteroatoms. The topological polar surface area (TPSA) is 99.4 Å². The first kappa shape index (κ1) is 17.2. The number of aliphatic hydroxyl groups is 4. The first-order valence-electron chi connectivity index (χ1n) is 4.85. The molecule has 0 aromatic heterocycles. The summed E-state index contributed by atoms with van der Waals surface area (Å²) in [6, 6.07) is 0. The predicted molar refractivity (Wildman–Crippen MR) is 54.6 cm³/mol. The molecular formula is C9H22O6. The summed E-state index contributed by atoms with van der Waals surface area (Å²) in [4.78, 5) is 0. The van der Waals surface area contributed by atoms with Gasteiger partial charge in [-0.25, -0.2) is 0 Å². The van der Waals surface area contributed by atoms with Crippen LogP contribution in [-0.4, -0.2) is 72.8 Å². The highest BCUT2D eigenvalue weighted by atomic mass is 16.5. The maximum absolute atomic E-state index is 8.57.